The van der Waals surface area contributed by atoms with Crippen molar-refractivity contribution in [3.05, 3.63) is 35.6 Å². The fourth-order valence-electron chi connectivity index (χ4n) is 1.86. The second kappa shape index (κ2) is 3.88. The monoisotopic (exact) mass is 178 g/mol. The smallest absolute Gasteiger partial charge is 0.131 e. The highest BCUT2D eigenvalue weighted by Crippen LogP contribution is 2.24. The maximum absolute atomic E-state index is 12.9. The van der Waals surface area contributed by atoms with E-state index < -0.39 is 0 Å². The van der Waals surface area contributed by atoms with Gasteiger partial charge in [0.25, 0.3) is 0 Å². The zero-order chi connectivity index (χ0) is 9.10. The molecule has 1 aromatic rings. The molecule has 0 aromatic heterocycles. The zero-order valence-electron chi connectivity index (χ0n) is 7.52. The predicted octanol–water partition coefficient (Wildman–Crippen LogP) is 2.09. The summed E-state index contributed by atoms with van der Waals surface area (Å²) in [6.07, 6.45) is 2.23. The van der Waals surface area contributed by atoms with Crippen LogP contribution in [-0.2, 0) is 0 Å². The van der Waals surface area contributed by atoms with E-state index in [1.165, 1.54) is 0 Å². The van der Waals surface area contributed by atoms with Crippen molar-refractivity contribution in [2.75, 3.05) is 13.1 Å². The second-order valence-corrected chi connectivity index (χ2v) is 3.49. The molecular formula is C11H13FN. The standard InChI is InChI=1S/C11H13FN/c12-11-3-1-2-10(8-11)9-4-6-13-7-5-9/h1-2,8-9,13H,4-7H2. The van der Waals surface area contributed by atoms with Crippen molar-refractivity contribution in [2.45, 2.75) is 18.8 Å². The number of rotatable bonds is 1. The van der Waals surface area contributed by atoms with Gasteiger partial charge in [0, 0.05) is 6.07 Å². The fourth-order valence-corrected chi connectivity index (χ4v) is 1.86. The Kier molecular flexibility index (Phi) is 2.60. The second-order valence-electron chi connectivity index (χ2n) is 3.49. The largest absolute Gasteiger partial charge is 0.317 e. The highest BCUT2D eigenvalue weighted by Gasteiger charge is 2.14. The van der Waals surface area contributed by atoms with Gasteiger partial charge in [0.05, 0.1) is 0 Å². The van der Waals surface area contributed by atoms with Gasteiger partial charge in [-0.2, -0.15) is 0 Å². The average Bonchev–Trinajstić information content (AvgIpc) is 2.19. The molecule has 2 rings (SSSR count). The van der Waals surface area contributed by atoms with Crippen LogP contribution in [0.5, 0.6) is 0 Å². The van der Waals surface area contributed by atoms with E-state index in [4.69, 9.17) is 0 Å². The number of halogens is 1. The summed E-state index contributed by atoms with van der Waals surface area (Å²) in [7, 11) is 0. The normalized spacial score (nSPS) is 18.8. The van der Waals surface area contributed by atoms with Gasteiger partial charge < -0.3 is 5.32 Å². The van der Waals surface area contributed by atoms with Gasteiger partial charge >= 0.3 is 0 Å². The van der Waals surface area contributed by atoms with E-state index in [9.17, 15) is 4.39 Å². The SMILES string of the molecule is Fc1[c]ccc(C2CCNCC2)c1. The highest BCUT2D eigenvalue weighted by atomic mass is 19.1. The fraction of sp³-hybridized carbons (Fsp3) is 0.455. The summed E-state index contributed by atoms with van der Waals surface area (Å²) >= 11 is 0. The lowest BCUT2D eigenvalue weighted by atomic mass is 9.90. The minimum atomic E-state index is -0.240. The molecule has 0 atom stereocenters. The van der Waals surface area contributed by atoms with Crippen molar-refractivity contribution in [1.82, 2.24) is 5.32 Å². The minimum Gasteiger partial charge on any atom is -0.317 e. The van der Waals surface area contributed by atoms with Crippen LogP contribution < -0.4 is 5.32 Å². The van der Waals surface area contributed by atoms with Crippen LogP contribution in [0, 0.1) is 11.9 Å². The summed E-state index contributed by atoms with van der Waals surface area (Å²) in [4.78, 5) is 0. The third-order valence-corrected chi connectivity index (χ3v) is 2.60. The number of piperidine rings is 1. The van der Waals surface area contributed by atoms with Crippen LogP contribution in [-0.4, -0.2) is 13.1 Å². The van der Waals surface area contributed by atoms with E-state index in [-0.39, 0.29) is 5.82 Å². The third-order valence-electron chi connectivity index (χ3n) is 2.60. The van der Waals surface area contributed by atoms with Gasteiger partial charge in [0.2, 0.25) is 0 Å². The third kappa shape index (κ3) is 2.07. The van der Waals surface area contributed by atoms with Crippen LogP contribution in [0.15, 0.2) is 18.2 Å². The van der Waals surface area contributed by atoms with Crippen LogP contribution >= 0.6 is 0 Å². The molecule has 13 heavy (non-hydrogen) atoms. The first-order valence-corrected chi connectivity index (χ1v) is 4.74. The Morgan fingerprint density at radius 2 is 2.15 bits per heavy atom. The Labute approximate surface area is 78.0 Å². The molecule has 0 amide bonds. The molecule has 0 spiro atoms. The molecule has 0 unspecified atom stereocenters. The van der Waals surface area contributed by atoms with E-state index >= 15 is 0 Å². The van der Waals surface area contributed by atoms with E-state index in [0.29, 0.717) is 5.92 Å². The summed E-state index contributed by atoms with van der Waals surface area (Å²) in [5, 5.41) is 3.30. The molecule has 2 heteroatoms. The maximum Gasteiger partial charge on any atom is 0.131 e. The Morgan fingerprint density at radius 3 is 2.85 bits per heavy atom. The topological polar surface area (TPSA) is 12.0 Å². The number of hydrogen-bond acceptors (Lipinski definition) is 1. The van der Waals surface area contributed by atoms with Crippen molar-refractivity contribution in [3.8, 4) is 0 Å². The Bertz CT molecular complexity index is 279. The van der Waals surface area contributed by atoms with Gasteiger partial charge in [0.1, 0.15) is 5.82 Å². The molecule has 1 fully saturated rings. The summed E-state index contributed by atoms with van der Waals surface area (Å²) in [5.74, 6) is 0.293. The summed E-state index contributed by atoms with van der Waals surface area (Å²) < 4.78 is 12.9. The molecule has 1 N–H and O–H groups in total. The lowest BCUT2D eigenvalue weighted by Gasteiger charge is -2.22. The Morgan fingerprint density at radius 1 is 1.38 bits per heavy atom. The van der Waals surface area contributed by atoms with Crippen LogP contribution in [0.2, 0.25) is 0 Å². The minimum absolute atomic E-state index is 0.240. The zero-order valence-corrected chi connectivity index (χ0v) is 7.52. The molecule has 0 bridgehead atoms. The number of benzene rings is 1. The molecule has 1 aliphatic heterocycles. The Hall–Kier alpha value is -0.890. The van der Waals surface area contributed by atoms with Gasteiger partial charge in [-0.3, -0.25) is 0 Å². The van der Waals surface area contributed by atoms with Crippen molar-refractivity contribution in [1.29, 1.82) is 0 Å². The van der Waals surface area contributed by atoms with Crippen molar-refractivity contribution >= 4 is 0 Å². The molecule has 1 heterocycles. The first-order chi connectivity index (χ1) is 6.36. The molecule has 1 saturated heterocycles. The van der Waals surface area contributed by atoms with Crippen LogP contribution in [0.1, 0.15) is 24.3 Å². The van der Waals surface area contributed by atoms with E-state index in [1.54, 1.807) is 12.1 Å². The number of hydrogen-bond donors (Lipinski definition) is 1. The average molecular weight is 178 g/mol. The molecule has 1 aromatic carbocycles. The molecule has 1 nitrogen and oxygen atoms in total. The van der Waals surface area contributed by atoms with Gasteiger partial charge in [-0.25, -0.2) is 4.39 Å². The van der Waals surface area contributed by atoms with Gasteiger partial charge in [-0.05, 0) is 43.5 Å². The lowest BCUT2D eigenvalue weighted by Crippen LogP contribution is -2.26. The van der Waals surface area contributed by atoms with E-state index in [1.807, 2.05) is 6.07 Å². The van der Waals surface area contributed by atoms with Crippen molar-refractivity contribution in [2.24, 2.45) is 0 Å². The summed E-state index contributed by atoms with van der Waals surface area (Å²) in [6.45, 7) is 2.09. The molecule has 0 saturated carbocycles. The van der Waals surface area contributed by atoms with Crippen LogP contribution in [0.3, 0.4) is 0 Å². The quantitative estimate of drug-likeness (QED) is 0.694. The maximum atomic E-state index is 12.9. The van der Waals surface area contributed by atoms with Crippen LogP contribution in [0.25, 0.3) is 0 Å². The Balaban J connectivity index is 2.14. The predicted molar refractivity (Wildman–Crippen MR) is 50.1 cm³/mol. The summed E-state index contributed by atoms with van der Waals surface area (Å²) in [6, 6.07) is 7.78. The first kappa shape index (κ1) is 8.70. The van der Waals surface area contributed by atoms with Gasteiger partial charge in [-0.15, -0.1) is 0 Å². The van der Waals surface area contributed by atoms with E-state index in [2.05, 4.69) is 11.4 Å². The highest BCUT2D eigenvalue weighted by molar-refractivity contribution is 5.20. The lowest BCUT2D eigenvalue weighted by molar-refractivity contribution is 0.458. The number of nitrogens with one attached hydrogen (secondary N) is 1. The molecule has 1 radical (unpaired) electrons. The van der Waals surface area contributed by atoms with Gasteiger partial charge in [0.15, 0.2) is 0 Å². The molecular weight excluding hydrogens is 165 g/mol. The summed E-state index contributed by atoms with van der Waals surface area (Å²) in [5.41, 5.74) is 1.12. The first-order valence-electron chi connectivity index (χ1n) is 4.74. The molecule has 69 valence electrons. The van der Waals surface area contributed by atoms with Crippen molar-refractivity contribution in [3.63, 3.8) is 0 Å². The van der Waals surface area contributed by atoms with E-state index in [0.717, 1.165) is 31.5 Å². The molecule has 1 aliphatic rings. The molecule has 0 aliphatic carbocycles. The van der Waals surface area contributed by atoms with Crippen LogP contribution in [0.4, 0.5) is 4.39 Å². The van der Waals surface area contributed by atoms with Gasteiger partial charge in [-0.1, -0.05) is 12.1 Å². The van der Waals surface area contributed by atoms with Crippen molar-refractivity contribution < 1.29 is 4.39 Å².